The third-order valence-electron chi connectivity index (χ3n) is 0.757. The minimum Gasteiger partial charge on any atom is -0.427 e. The van der Waals surface area contributed by atoms with Gasteiger partial charge in [-0.25, -0.2) is 0 Å². The molecule has 0 saturated carbocycles. The lowest BCUT2D eigenvalue weighted by Crippen LogP contribution is -1.93. The molecule has 0 fully saturated rings. The van der Waals surface area contributed by atoms with Gasteiger partial charge in [-0.05, 0) is 12.5 Å². The van der Waals surface area contributed by atoms with Gasteiger partial charge in [-0.3, -0.25) is 0 Å². The monoisotopic (exact) mass is 120 g/mol. The van der Waals surface area contributed by atoms with Crippen LogP contribution in [0.5, 0.6) is 0 Å². The van der Waals surface area contributed by atoms with Gasteiger partial charge in [0.15, 0.2) is 9.76 Å². The van der Waals surface area contributed by atoms with Crippen LogP contribution in [0.4, 0.5) is 0 Å². The molecule has 0 aliphatic heterocycles. The van der Waals surface area contributed by atoms with Gasteiger partial charge < -0.3 is 9.53 Å². The van der Waals surface area contributed by atoms with Crippen LogP contribution in [-0.2, 0) is 4.43 Å². The first kappa shape index (κ1) is 7.14. The average Bonchev–Trinajstić information content (AvgIpc) is 1.69. The van der Waals surface area contributed by atoms with E-state index in [9.17, 15) is 0 Å². The van der Waals surface area contributed by atoms with Crippen LogP contribution in [-0.4, -0.2) is 28.6 Å². The Kier molecular flexibility index (Phi) is 6.26. The van der Waals surface area contributed by atoms with Gasteiger partial charge >= 0.3 is 0 Å². The summed E-state index contributed by atoms with van der Waals surface area (Å²) >= 11 is 0. The van der Waals surface area contributed by atoms with Crippen LogP contribution in [0.25, 0.3) is 0 Å². The Bertz CT molecular complexity index is 28.9. The number of rotatable bonds is 4. The molecular weight excluding hydrogens is 108 g/mol. The van der Waals surface area contributed by atoms with Crippen LogP contribution in [0, 0.1) is 0 Å². The minimum absolute atomic E-state index is 0.249. The summed E-state index contributed by atoms with van der Waals surface area (Å²) in [6.07, 6.45) is 0.917. The molecule has 0 unspecified atom stereocenters. The van der Waals surface area contributed by atoms with Crippen molar-refractivity contribution in [1.82, 2.24) is 0 Å². The molecule has 44 valence electrons. The first-order chi connectivity index (χ1) is 3.41. The molecule has 0 aliphatic carbocycles. The highest BCUT2D eigenvalue weighted by Gasteiger charge is 1.82. The predicted octanol–water partition coefficient (Wildman–Crippen LogP) is -0.483. The van der Waals surface area contributed by atoms with Crippen molar-refractivity contribution in [2.75, 3.05) is 13.7 Å². The molecule has 3 heteroatoms. The summed E-state index contributed by atoms with van der Waals surface area (Å²) in [5.41, 5.74) is 0. The van der Waals surface area contributed by atoms with Crippen LogP contribution in [0.2, 0.25) is 6.04 Å². The Morgan fingerprint density at radius 2 is 2.43 bits per heavy atom. The van der Waals surface area contributed by atoms with E-state index in [0.717, 1.165) is 12.5 Å². The quantitative estimate of drug-likeness (QED) is 0.401. The standard InChI is InChI=1S/C4H12O2Si/c1-6-7-4-2-3-5/h5H,2-4,7H2,1H3. The molecule has 0 radical (unpaired) electrons. The third kappa shape index (κ3) is 6.14. The third-order valence-corrected chi connectivity index (χ3v) is 1.95. The largest absolute Gasteiger partial charge is 0.427 e. The molecule has 0 aliphatic rings. The van der Waals surface area contributed by atoms with Gasteiger partial charge in [0.05, 0.1) is 0 Å². The topological polar surface area (TPSA) is 29.5 Å². The van der Waals surface area contributed by atoms with Gasteiger partial charge in [0.2, 0.25) is 0 Å². The summed E-state index contributed by atoms with van der Waals surface area (Å²) in [6.45, 7) is 0.316. The molecular formula is C4H12O2Si. The SMILES string of the molecule is CO[SiH2]CCCO. The summed E-state index contributed by atoms with van der Waals surface area (Å²) in [7, 11) is 1.48. The van der Waals surface area contributed by atoms with Crippen molar-refractivity contribution < 1.29 is 9.53 Å². The second-order valence-electron chi connectivity index (χ2n) is 1.42. The number of hydrogen-bond acceptors (Lipinski definition) is 2. The maximum absolute atomic E-state index is 8.26. The van der Waals surface area contributed by atoms with Crippen molar-refractivity contribution in [3.63, 3.8) is 0 Å². The molecule has 7 heavy (non-hydrogen) atoms. The average molecular weight is 120 g/mol. The maximum Gasteiger partial charge on any atom is 0.161 e. The Balaban J connectivity index is 2.45. The zero-order valence-electron chi connectivity index (χ0n) is 4.68. The van der Waals surface area contributed by atoms with Crippen molar-refractivity contribution in [2.24, 2.45) is 0 Å². The second-order valence-corrected chi connectivity index (χ2v) is 3.12. The van der Waals surface area contributed by atoms with Gasteiger partial charge in [0, 0.05) is 13.7 Å². The van der Waals surface area contributed by atoms with E-state index in [1.54, 1.807) is 7.11 Å². The molecule has 0 amide bonds. The first-order valence-electron chi connectivity index (χ1n) is 2.51. The Morgan fingerprint density at radius 1 is 1.71 bits per heavy atom. The zero-order valence-corrected chi connectivity index (χ0v) is 6.10. The second kappa shape index (κ2) is 6.14. The molecule has 0 aromatic heterocycles. The lowest BCUT2D eigenvalue weighted by molar-refractivity contribution is 0.292. The number of hydrogen-bond donors (Lipinski definition) is 1. The normalized spacial score (nSPS) is 11.1. The van der Waals surface area contributed by atoms with E-state index in [4.69, 9.17) is 9.53 Å². The minimum atomic E-state index is -0.249. The highest BCUT2D eigenvalue weighted by molar-refractivity contribution is 6.26. The van der Waals surface area contributed by atoms with Crippen LogP contribution < -0.4 is 0 Å². The van der Waals surface area contributed by atoms with Crippen LogP contribution in [0.1, 0.15) is 6.42 Å². The smallest absolute Gasteiger partial charge is 0.161 e. The molecule has 2 nitrogen and oxygen atoms in total. The van der Waals surface area contributed by atoms with Gasteiger partial charge in [-0.15, -0.1) is 0 Å². The van der Waals surface area contributed by atoms with Crippen LogP contribution in [0.3, 0.4) is 0 Å². The summed E-state index contributed by atoms with van der Waals surface area (Å²) in [4.78, 5) is 0. The van der Waals surface area contributed by atoms with Crippen molar-refractivity contribution >= 4 is 9.76 Å². The molecule has 0 bridgehead atoms. The van der Waals surface area contributed by atoms with Gasteiger partial charge in [-0.2, -0.15) is 0 Å². The van der Waals surface area contributed by atoms with E-state index in [0.29, 0.717) is 6.61 Å². The Labute approximate surface area is 46.4 Å². The fourth-order valence-electron chi connectivity index (χ4n) is 0.358. The molecule has 1 N–H and O–H groups in total. The highest BCUT2D eigenvalue weighted by atomic mass is 28.2. The molecule has 0 atom stereocenters. The summed E-state index contributed by atoms with van der Waals surface area (Å²) in [6, 6.07) is 1.10. The highest BCUT2D eigenvalue weighted by Crippen LogP contribution is 1.84. The van der Waals surface area contributed by atoms with E-state index in [2.05, 4.69) is 0 Å². The lowest BCUT2D eigenvalue weighted by Gasteiger charge is -1.91. The van der Waals surface area contributed by atoms with Gasteiger partial charge in [-0.1, -0.05) is 0 Å². The van der Waals surface area contributed by atoms with E-state index in [1.165, 1.54) is 0 Å². The van der Waals surface area contributed by atoms with Crippen molar-refractivity contribution in [3.8, 4) is 0 Å². The molecule has 0 rings (SSSR count). The maximum atomic E-state index is 8.26. The van der Waals surface area contributed by atoms with Crippen molar-refractivity contribution in [1.29, 1.82) is 0 Å². The van der Waals surface area contributed by atoms with E-state index >= 15 is 0 Å². The summed E-state index contributed by atoms with van der Waals surface area (Å²) in [5, 5.41) is 8.26. The van der Waals surface area contributed by atoms with Gasteiger partial charge in [0.1, 0.15) is 0 Å². The van der Waals surface area contributed by atoms with E-state index in [-0.39, 0.29) is 9.76 Å². The fourth-order valence-corrected chi connectivity index (χ4v) is 1.07. The molecule has 0 aromatic carbocycles. The van der Waals surface area contributed by atoms with Crippen LogP contribution in [0.15, 0.2) is 0 Å². The van der Waals surface area contributed by atoms with Crippen molar-refractivity contribution in [2.45, 2.75) is 12.5 Å². The van der Waals surface area contributed by atoms with E-state index in [1.807, 2.05) is 0 Å². The number of aliphatic hydroxyl groups is 1. The van der Waals surface area contributed by atoms with E-state index < -0.39 is 0 Å². The van der Waals surface area contributed by atoms with Gasteiger partial charge in [0.25, 0.3) is 0 Å². The van der Waals surface area contributed by atoms with Crippen LogP contribution >= 0.6 is 0 Å². The summed E-state index contributed by atoms with van der Waals surface area (Å²) < 4.78 is 4.87. The molecule has 0 aromatic rings. The fraction of sp³-hybridized carbons (Fsp3) is 1.00. The Morgan fingerprint density at radius 3 is 2.86 bits per heavy atom. The summed E-state index contributed by atoms with van der Waals surface area (Å²) in [5.74, 6) is 0. The predicted molar refractivity (Wildman–Crippen MR) is 32.1 cm³/mol. The Hall–Kier alpha value is 0.137. The van der Waals surface area contributed by atoms with Crippen molar-refractivity contribution in [3.05, 3.63) is 0 Å². The molecule has 0 spiro atoms. The molecule has 0 saturated heterocycles. The molecule has 0 heterocycles. The number of aliphatic hydroxyl groups excluding tert-OH is 1. The zero-order chi connectivity index (χ0) is 5.54. The lowest BCUT2D eigenvalue weighted by atomic mass is 10.5. The first-order valence-corrected chi connectivity index (χ1v) is 4.09.